The molecule has 60 valence electrons. The van der Waals surface area contributed by atoms with Gasteiger partial charge in [-0.3, -0.25) is 0 Å². The van der Waals surface area contributed by atoms with Gasteiger partial charge in [-0.25, -0.2) is 4.79 Å². The van der Waals surface area contributed by atoms with E-state index in [1.807, 2.05) is 0 Å². The molecule has 0 aromatic carbocycles. The zero-order valence-electron chi connectivity index (χ0n) is 6.20. The molecule has 0 aromatic rings. The quantitative estimate of drug-likeness (QED) is 0.485. The summed E-state index contributed by atoms with van der Waals surface area (Å²) in [6.45, 7) is 4.60. The molecule has 0 aliphatic rings. The van der Waals surface area contributed by atoms with Crippen LogP contribution < -0.4 is 0 Å². The number of hydrogen-bond donors (Lipinski definition) is 1. The maximum absolute atomic E-state index is 10.4. The minimum atomic E-state index is -3.86. The molecule has 0 aliphatic heterocycles. The van der Waals surface area contributed by atoms with Crippen LogP contribution in [0.5, 0.6) is 0 Å². The summed E-state index contributed by atoms with van der Waals surface area (Å²) in [6, 6.07) is 0. The molecule has 0 bridgehead atoms. The first-order valence-corrected chi connectivity index (χ1v) is 3.60. The number of carboxylic acids is 1. The topological polar surface area (TPSA) is 37.3 Å². The van der Waals surface area contributed by atoms with E-state index in [1.165, 1.54) is 6.92 Å². The second-order valence-electron chi connectivity index (χ2n) is 1.87. The van der Waals surface area contributed by atoms with Gasteiger partial charge in [-0.2, -0.15) is 0 Å². The maximum atomic E-state index is 10.4. The fourth-order valence-electron chi connectivity index (χ4n) is 0. The van der Waals surface area contributed by atoms with E-state index in [-0.39, 0.29) is 5.57 Å². The monoisotopic (exact) mass is 178 g/mol. The third kappa shape index (κ3) is 40.0. The van der Waals surface area contributed by atoms with Crippen molar-refractivity contribution >= 4 is 33.9 Å². The molecule has 6 heteroatoms. The summed E-state index contributed by atoms with van der Waals surface area (Å²) in [5, 5.41) is 7.89. The minimum absolute atomic E-state index is 0.176. The van der Waals surface area contributed by atoms with Crippen molar-refractivity contribution in [3.8, 4) is 0 Å². The predicted molar refractivity (Wildman–Crippen MR) is 34.3 cm³/mol. The van der Waals surface area contributed by atoms with Gasteiger partial charge in [0.25, 0.3) is 0 Å². The number of rotatable bonds is 1. The Labute approximate surface area is 79.5 Å². The van der Waals surface area contributed by atoms with Crippen molar-refractivity contribution in [1.82, 2.24) is 0 Å². The summed E-state index contributed by atoms with van der Waals surface area (Å²) in [6.07, 6.45) is 0. The van der Waals surface area contributed by atoms with Gasteiger partial charge in [0, 0.05) is 5.57 Å². The molecule has 2 nitrogen and oxygen atoms in total. The Bertz CT molecular complexity index is 134. The number of hydrogen-bond acceptors (Lipinski definition) is 1. The van der Waals surface area contributed by atoms with E-state index in [2.05, 4.69) is 6.58 Å². The van der Waals surface area contributed by atoms with Crippen LogP contribution in [0.25, 0.3) is 0 Å². The molecule has 0 rings (SSSR count). The number of carboxylic acid groups (broad SMARTS) is 1. The Balaban J connectivity index is 0. The number of carbonyl (C=O) groups is 1. The second kappa shape index (κ2) is 5.62. The van der Waals surface area contributed by atoms with Crippen LogP contribution in [0, 0.1) is 0 Å². The Morgan fingerprint density at radius 2 is 1.64 bits per heavy atom. The molecular weight excluding hydrogens is 172 g/mol. The van der Waals surface area contributed by atoms with Gasteiger partial charge in [0.1, 0.15) is 0 Å². The average molecular weight is 178 g/mol. The summed E-state index contributed by atoms with van der Waals surface area (Å²) < 4.78 is 27.4. The van der Waals surface area contributed by atoms with Gasteiger partial charge in [0.05, 0.1) is 0 Å². The summed E-state index contributed by atoms with van der Waals surface area (Å²) in [5.74, 6) is -0.935. The van der Waals surface area contributed by atoms with Gasteiger partial charge in [0.15, 0.2) is 0 Å². The standard InChI is InChI=1S/C4H6O2.CF3.Na/c1-3(2)4(5)6;2-1(3)4;/h1H2,2H3,(H,5,6);;. The van der Waals surface area contributed by atoms with Crippen LogP contribution in [-0.2, 0) is 4.79 Å². The predicted octanol–water partition coefficient (Wildman–Crippen LogP) is 1.32. The van der Waals surface area contributed by atoms with Crippen molar-refractivity contribution in [2.45, 2.75) is 10.3 Å². The number of alkyl halides is 3. The van der Waals surface area contributed by atoms with Crippen molar-refractivity contribution in [2.24, 2.45) is 0 Å². The first-order valence-electron chi connectivity index (χ1n) is 2.60. The van der Waals surface area contributed by atoms with Crippen LogP contribution in [0.3, 0.4) is 0 Å². The molecule has 0 amide bonds. The summed E-state index contributed by atoms with van der Waals surface area (Å²) in [5.41, 5.74) is 0.176. The van der Waals surface area contributed by atoms with Gasteiger partial charge in [-0.15, -0.1) is 0 Å². The number of aliphatic carboxylic acids is 1. The molecule has 0 atom stereocenters. The summed E-state index contributed by atoms with van der Waals surface area (Å²) in [4.78, 5) is 9.60. The van der Waals surface area contributed by atoms with Gasteiger partial charge >= 0.3 is 50.5 Å². The van der Waals surface area contributed by atoms with Crippen LogP contribution in [0.4, 0.5) is 13.2 Å². The van der Waals surface area contributed by atoms with Crippen LogP contribution >= 0.6 is 0 Å². The Morgan fingerprint density at radius 1 is 1.55 bits per heavy atom. The Kier molecular flexibility index (Phi) is 6.94. The van der Waals surface area contributed by atoms with Gasteiger partial charge < -0.3 is 5.11 Å². The van der Waals surface area contributed by atoms with Crippen molar-refractivity contribution in [3.05, 3.63) is 12.2 Å². The molecule has 0 radical (unpaired) electrons. The second-order valence-corrected chi connectivity index (χ2v) is 3.00. The van der Waals surface area contributed by atoms with Crippen molar-refractivity contribution in [2.75, 3.05) is 0 Å². The fraction of sp³-hybridized carbons (Fsp3) is 0.400. The van der Waals surface area contributed by atoms with Gasteiger partial charge in [-0.1, -0.05) is 6.58 Å². The van der Waals surface area contributed by atoms with E-state index in [9.17, 15) is 18.0 Å². The van der Waals surface area contributed by atoms with Crippen molar-refractivity contribution in [3.63, 3.8) is 0 Å². The third-order valence-electron chi connectivity index (χ3n) is 0.365. The zero-order valence-corrected chi connectivity index (χ0v) is 8.20. The fourth-order valence-corrected chi connectivity index (χ4v) is 0. The average Bonchev–Trinajstić information content (AvgIpc) is 1.59. The molecule has 0 spiro atoms. The first kappa shape index (κ1) is 13.6. The van der Waals surface area contributed by atoms with Crippen LogP contribution in [-0.4, -0.2) is 42.4 Å². The molecule has 0 aliphatic carbocycles. The SMILES string of the molecule is C=C(C)C(=O)O.F[C](F)(F)[Na]. The van der Waals surface area contributed by atoms with E-state index >= 15 is 0 Å². The third-order valence-corrected chi connectivity index (χ3v) is 0.365. The van der Waals surface area contributed by atoms with Crippen molar-refractivity contribution in [1.29, 1.82) is 0 Å². The van der Waals surface area contributed by atoms with E-state index in [4.69, 9.17) is 5.11 Å². The molecule has 0 heterocycles. The molecule has 1 N–H and O–H groups in total. The van der Waals surface area contributed by atoms with Crippen molar-refractivity contribution < 1.29 is 23.1 Å². The summed E-state index contributed by atoms with van der Waals surface area (Å²) in [7, 11) is 0. The molecule has 0 unspecified atom stereocenters. The number of halogens is 3. The molecule has 0 fully saturated rings. The van der Waals surface area contributed by atoms with Gasteiger partial charge in [-0.05, 0) is 6.92 Å². The Morgan fingerprint density at radius 3 is 1.64 bits per heavy atom. The van der Waals surface area contributed by atoms with Crippen LogP contribution in [0.1, 0.15) is 6.92 Å². The van der Waals surface area contributed by atoms with Crippen LogP contribution in [0.2, 0.25) is 0 Å². The van der Waals surface area contributed by atoms with E-state index < -0.39 is 37.3 Å². The van der Waals surface area contributed by atoms with E-state index in [0.717, 1.165) is 0 Å². The Hall–Kier alpha value is -0.000000000000000222. The zero-order chi connectivity index (χ0) is 9.65. The van der Waals surface area contributed by atoms with E-state index in [0.29, 0.717) is 0 Å². The van der Waals surface area contributed by atoms with Gasteiger partial charge in [0.2, 0.25) is 0 Å². The normalized spacial score (nSPS) is 9.64. The van der Waals surface area contributed by atoms with Crippen LogP contribution in [0.15, 0.2) is 12.2 Å². The molecular formula is C5H6F3NaO2. The molecule has 0 saturated heterocycles. The summed E-state index contributed by atoms with van der Waals surface area (Å²) >= 11 is -0.692. The molecule has 0 saturated carbocycles. The molecule has 11 heavy (non-hydrogen) atoms. The molecule has 0 aromatic heterocycles. The van der Waals surface area contributed by atoms with E-state index in [1.54, 1.807) is 0 Å². The first-order chi connectivity index (χ1) is 4.64.